The van der Waals surface area contributed by atoms with E-state index in [9.17, 15) is 5.11 Å². The first kappa shape index (κ1) is 12.4. The lowest BCUT2D eigenvalue weighted by atomic mass is 10.1. The molecule has 0 aromatic heterocycles. The SMILES string of the molecule is CCCCc1ccc(N[C@@H]2CCC[C@H]2O)cc1. The number of nitrogens with one attached hydrogen (secondary N) is 1. The molecule has 1 aliphatic rings. The molecule has 0 heterocycles. The van der Waals surface area contributed by atoms with Gasteiger partial charge in [-0.15, -0.1) is 0 Å². The third kappa shape index (κ3) is 3.47. The van der Waals surface area contributed by atoms with Crippen LogP contribution in [0.1, 0.15) is 44.6 Å². The van der Waals surface area contributed by atoms with Crippen LogP contribution in [0.4, 0.5) is 5.69 Å². The van der Waals surface area contributed by atoms with Crippen LogP contribution < -0.4 is 5.32 Å². The van der Waals surface area contributed by atoms with Crippen molar-refractivity contribution in [3.8, 4) is 0 Å². The highest BCUT2D eigenvalue weighted by Crippen LogP contribution is 2.23. The number of anilines is 1. The second kappa shape index (κ2) is 6.06. The number of rotatable bonds is 5. The zero-order valence-corrected chi connectivity index (χ0v) is 10.7. The van der Waals surface area contributed by atoms with Gasteiger partial charge in [0.15, 0.2) is 0 Å². The Hall–Kier alpha value is -1.02. The van der Waals surface area contributed by atoms with Crippen molar-refractivity contribution >= 4 is 5.69 Å². The molecule has 1 aliphatic carbocycles. The summed E-state index contributed by atoms with van der Waals surface area (Å²) >= 11 is 0. The van der Waals surface area contributed by atoms with Crippen molar-refractivity contribution in [3.05, 3.63) is 29.8 Å². The number of aliphatic hydroxyl groups excluding tert-OH is 1. The molecular formula is C15H23NO. The molecule has 1 fully saturated rings. The molecule has 0 bridgehead atoms. The van der Waals surface area contributed by atoms with Crippen molar-refractivity contribution in [3.63, 3.8) is 0 Å². The standard InChI is InChI=1S/C15H23NO/c1-2-3-5-12-8-10-13(11-9-12)16-14-6-4-7-15(14)17/h8-11,14-17H,2-7H2,1H3/t14-,15-/m1/s1. The van der Waals surface area contributed by atoms with Crippen LogP contribution in [0, 0.1) is 0 Å². The molecule has 94 valence electrons. The number of benzene rings is 1. The normalized spacial score (nSPS) is 23.9. The average Bonchev–Trinajstić information content (AvgIpc) is 2.74. The lowest BCUT2D eigenvalue weighted by Gasteiger charge is -2.17. The van der Waals surface area contributed by atoms with Crippen molar-refractivity contribution in [2.75, 3.05) is 5.32 Å². The first-order valence-electron chi connectivity index (χ1n) is 6.83. The first-order chi connectivity index (χ1) is 8.29. The molecule has 0 saturated heterocycles. The maximum atomic E-state index is 9.76. The van der Waals surface area contributed by atoms with Gasteiger partial charge in [0.1, 0.15) is 0 Å². The Morgan fingerprint density at radius 2 is 2.00 bits per heavy atom. The molecule has 1 aromatic carbocycles. The zero-order chi connectivity index (χ0) is 12.1. The maximum absolute atomic E-state index is 9.76. The van der Waals surface area contributed by atoms with Gasteiger partial charge in [-0.2, -0.15) is 0 Å². The van der Waals surface area contributed by atoms with E-state index in [0.717, 1.165) is 24.9 Å². The van der Waals surface area contributed by atoms with Crippen LogP contribution in [-0.4, -0.2) is 17.3 Å². The predicted octanol–water partition coefficient (Wildman–Crippen LogP) is 3.35. The van der Waals surface area contributed by atoms with Crippen LogP contribution >= 0.6 is 0 Å². The van der Waals surface area contributed by atoms with Crippen LogP contribution in [-0.2, 0) is 6.42 Å². The molecular weight excluding hydrogens is 210 g/mol. The molecule has 2 N–H and O–H groups in total. The van der Waals surface area contributed by atoms with E-state index in [1.54, 1.807) is 0 Å². The Kier molecular flexibility index (Phi) is 4.43. The van der Waals surface area contributed by atoms with Gasteiger partial charge in [0, 0.05) is 5.69 Å². The minimum absolute atomic E-state index is 0.172. The van der Waals surface area contributed by atoms with Crippen LogP contribution in [0.5, 0.6) is 0 Å². The fraction of sp³-hybridized carbons (Fsp3) is 0.600. The summed E-state index contributed by atoms with van der Waals surface area (Å²) in [7, 11) is 0. The number of aliphatic hydroxyl groups is 1. The van der Waals surface area contributed by atoms with Crippen molar-refractivity contribution in [1.29, 1.82) is 0 Å². The summed E-state index contributed by atoms with van der Waals surface area (Å²) in [5.41, 5.74) is 2.54. The van der Waals surface area contributed by atoms with Gasteiger partial charge in [0.05, 0.1) is 12.1 Å². The Morgan fingerprint density at radius 3 is 2.59 bits per heavy atom. The minimum atomic E-state index is -0.172. The predicted molar refractivity (Wildman–Crippen MR) is 72.3 cm³/mol. The molecule has 17 heavy (non-hydrogen) atoms. The summed E-state index contributed by atoms with van der Waals surface area (Å²) in [6.45, 7) is 2.22. The summed E-state index contributed by atoms with van der Waals surface area (Å²) in [6.07, 6.45) is 6.65. The van der Waals surface area contributed by atoms with Gasteiger partial charge in [-0.3, -0.25) is 0 Å². The first-order valence-corrected chi connectivity index (χ1v) is 6.83. The highest BCUT2D eigenvalue weighted by Gasteiger charge is 2.24. The van der Waals surface area contributed by atoms with Crippen LogP contribution in [0.15, 0.2) is 24.3 Å². The van der Waals surface area contributed by atoms with E-state index < -0.39 is 0 Å². The van der Waals surface area contributed by atoms with Crippen LogP contribution in [0.25, 0.3) is 0 Å². The summed E-state index contributed by atoms with van der Waals surface area (Å²) in [5.74, 6) is 0. The van der Waals surface area contributed by atoms with Gasteiger partial charge < -0.3 is 10.4 Å². The van der Waals surface area contributed by atoms with E-state index in [2.05, 4.69) is 36.5 Å². The second-order valence-corrected chi connectivity index (χ2v) is 5.05. The number of hydrogen-bond acceptors (Lipinski definition) is 2. The Labute approximate surface area is 104 Å². The molecule has 1 saturated carbocycles. The van der Waals surface area contributed by atoms with E-state index >= 15 is 0 Å². The summed E-state index contributed by atoms with van der Waals surface area (Å²) in [6, 6.07) is 8.90. The summed E-state index contributed by atoms with van der Waals surface area (Å²) in [4.78, 5) is 0. The van der Waals surface area contributed by atoms with Gasteiger partial charge in [-0.1, -0.05) is 25.5 Å². The Morgan fingerprint density at radius 1 is 1.24 bits per heavy atom. The summed E-state index contributed by atoms with van der Waals surface area (Å²) in [5, 5.41) is 13.2. The van der Waals surface area contributed by atoms with E-state index in [-0.39, 0.29) is 12.1 Å². The largest absolute Gasteiger partial charge is 0.391 e. The molecule has 1 aromatic rings. The fourth-order valence-corrected chi connectivity index (χ4v) is 2.47. The third-order valence-corrected chi connectivity index (χ3v) is 3.60. The van der Waals surface area contributed by atoms with Gasteiger partial charge in [0.2, 0.25) is 0 Å². The molecule has 2 heteroatoms. The zero-order valence-electron chi connectivity index (χ0n) is 10.7. The molecule has 0 amide bonds. The maximum Gasteiger partial charge on any atom is 0.0741 e. The quantitative estimate of drug-likeness (QED) is 0.817. The lowest BCUT2D eigenvalue weighted by Crippen LogP contribution is -2.27. The topological polar surface area (TPSA) is 32.3 Å². The van der Waals surface area contributed by atoms with Crippen LogP contribution in [0.2, 0.25) is 0 Å². The molecule has 2 rings (SSSR count). The Balaban J connectivity index is 1.89. The van der Waals surface area contributed by atoms with E-state index in [1.165, 1.54) is 24.8 Å². The van der Waals surface area contributed by atoms with Gasteiger partial charge in [-0.25, -0.2) is 0 Å². The molecule has 0 spiro atoms. The Bertz CT molecular complexity index is 333. The van der Waals surface area contributed by atoms with Crippen molar-refractivity contribution in [2.24, 2.45) is 0 Å². The van der Waals surface area contributed by atoms with Crippen LogP contribution in [0.3, 0.4) is 0 Å². The molecule has 0 aliphatic heterocycles. The molecule has 0 radical (unpaired) electrons. The van der Waals surface area contributed by atoms with Crippen molar-refractivity contribution in [1.82, 2.24) is 0 Å². The number of aryl methyl sites for hydroxylation is 1. The van der Waals surface area contributed by atoms with E-state index in [0.29, 0.717) is 0 Å². The van der Waals surface area contributed by atoms with E-state index in [1.807, 2.05) is 0 Å². The minimum Gasteiger partial charge on any atom is -0.391 e. The van der Waals surface area contributed by atoms with Gasteiger partial charge >= 0.3 is 0 Å². The lowest BCUT2D eigenvalue weighted by molar-refractivity contribution is 0.172. The second-order valence-electron chi connectivity index (χ2n) is 5.05. The highest BCUT2D eigenvalue weighted by molar-refractivity contribution is 5.45. The summed E-state index contributed by atoms with van der Waals surface area (Å²) < 4.78 is 0. The van der Waals surface area contributed by atoms with Crippen molar-refractivity contribution in [2.45, 2.75) is 57.6 Å². The van der Waals surface area contributed by atoms with Gasteiger partial charge in [-0.05, 0) is 49.8 Å². The smallest absolute Gasteiger partial charge is 0.0741 e. The monoisotopic (exact) mass is 233 g/mol. The highest BCUT2D eigenvalue weighted by atomic mass is 16.3. The molecule has 2 nitrogen and oxygen atoms in total. The van der Waals surface area contributed by atoms with Gasteiger partial charge in [0.25, 0.3) is 0 Å². The fourth-order valence-electron chi connectivity index (χ4n) is 2.47. The average molecular weight is 233 g/mol. The van der Waals surface area contributed by atoms with Crippen molar-refractivity contribution < 1.29 is 5.11 Å². The molecule has 0 unspecified atom stereocenters. The number of unbranched alkanes of at least 4 members (excludes halogenated alkanes) is 1. The molecule has 2 atom stereocenters. The third-order valence-electron chi connectivity index (χ3n) is 3.60. The number of hydrogen-bond donors (Lipinski definition) is 2. The van der Waals surface area contributed by atoms with E-state index in [4.69, 9.17) is 0 Å².